The molecule has 0 spiro atoms. The Hall–Kier alpha value is -2.05. The minimum Gasteiger partial charge on any atom is -0.441 e. The number of nitrogens with zero attached hydrogens (tertiary/aromatic N) is 1. The number of sulfonamides is 1. The maximum atomic E-state index is 12.3. The first-order chi connectivity index (χ1) is 9.94. The standard InChI is InChI=1S/C14H11ClN2O3S/c1-9-16-13-7-4-11(8-14(13)20-9)17-21(18,19)12-5-2-10(15)3-6-12/h2-8,17H,1H3. The van der Waals surface area contributed by atoms with Crippen LogP contribution in [-0.4, -0.2) is 13.4 Å². The van der Waals surface area contributed by atoms with E-state index in [0.29, 0.717) is 27.7 Å². The van der Waals surface area contributed by atoms with Crippen molar-refractivity contribution in [2.45, 2.75) is 11.8 Å². The fourth-order valence-corrected chi connectivity index (χ4v) is 3.11. The molecule has 0 radical (unpaired) electrons. The van der Waals surface area contributed by atoms with Gasteiger partial charge in [0.1, 0.15) is 5.52 Å². The predicted octanol–water partition coefficient (Wildman–Crippen LogP) is 3.59. The molecule has 0 aliphatic heterocycles. The first-order valence-electron chi connectivity index (χ1n) is 6.10. The normalized spacial score (nSPS) is 11.7. The Morgan fingerprint density at radius 1 is 1.14 bits per heavy atom. The van der Waals surface area contributed by atoms with Gasteiger partial charge in [-0.15, -0.1) is 0 Å². The van der Waals surface area contributed by atoms with Crippen LogP contribution in [0.1, 0.15) is 5.89 Å². The summed E-state index contributed by atoms with van der Waals surface area (Å²) in [5, 5.41) is 0.479. The lowest BCUT2D eigenvalue weighted by atomic mass is 10.3. The number of hydrogen-bond acceptors (Lipinski definition) is 4. The van der Waals surface area contributed by atoms with Gasteiger partial charge >= 0.3 is 0 Å². The van der Waals surface area contributed by atoms with Gasteiger partial charge in [0.15, 0.2) is 11.5 Å². The van der Waals surface area contributed by atoms with Crippen LogP contribution in [0, 0.1) is 6.92 Å². The van der Waals surface area contributed by atoms with E-state index < -0.39 is 10.0 Å². The summed E-state index contributed by atoms with van der Waals surface area (Å²) in [5.74, 6) is 0.530. The molecule has 1 aromatic heterocycles. The van der Waals surface area contributed by atoms with Crippen molar-refractivity contribution in [3.05, 3.63) is 53.4 Å². The van der Waals surface area contributed by atoms with Gasteiger partial charge in [-0.1, -0.05) is 11.6 Å². The number of aryl methyl sites for hydroxylation is 1. The number of rotatable bonds is 3. The van der Waals surface area contributed by atoms with Crippen LogP contribution < -0.4 is 4.72 Å². The van der Waals surface area contributed by atoms with Crippen molar-refractivity contribution in [2.24, 2.45) is 0 Å². The van der Waals surface area contributed by atoms with E-state index in [-0.39, 0.29) is 4.90 Å². The lowest BCUT2D eigenvalue weighted by Crippen LogP contribution is -2.12. The second-order valence-corrected chi connectivity index (χ2v) is 6.59. The van der Waals surface area contributed by atoms with Crippen molar-refractivity contribution in [1.82, 2.24) is 4.98 Å². The Bertz CT molecular complexity index is 902. The van der Waals surface area contributed by atoms with Crippen LogP contribution >= 0.6 is 11.6 Å². The second-order valence-electron chi connectivity index (χ2n) is 4.47. The van der Waals surface area contributed by atoms with E-state index in [4.69, 9.17) is 16.0 Å². The molecule has 0 saturated heterocycles. The molecule has 5 nitrogen and oxygen atoms in total. The van der Waals surface area contributed by atoms with Gasteiger partial charge in [0.2, 0.25) is 0 Å². The summed E-state index contributed by atoms with van der Waals surface area (Å²) in [5.41, 5.74) is 1.62. The molecule has 0 fully saturated rings. The van der Waals surface area contributed by atoms with E-state index in [9.17, 15) is 8.42 Å². The average molecular weight is 323 g/mol. The van der Waals surface area contributed by atoms with Crippen molar-refractivity contribution in [1.29, 1.82) is 0 Å². The minimum absolute atomic E-state index is 0.140. The molecule has 1 N–H and O–H groups in total. The SMILES string of the molecule is Cc1nc2ccc(NS(=O)(=O)c3ccc(Cl)cc3)cc2o1. The van der Waals surface area contributed by atoms with Gasteiger partial charge in [0.05, 0.1) is 10.6 Å². The van der Waals surface area contributed by atoms with Crippen molar-refractivity contribution in [2.75, 3.05) is 4.72 Å². The number of fused-ring (bicyclic) bond motifs is 1. The van der Waals surface area contributed by atoms with Crippen LogP contribution in [0.2, 0.25) is 5.02 Å². The van der Waals surface area contributed by atoms with Gasteiger partial charge < -0.3 is 4.42 Å². The Balaban J connectivity index is 1.94. The molecule has 0 atom stereocenters. The van der Waals surface area contributed by atoms with E-state index in [1.54, 1.807) is 25.1 Å². The Morgan fingerprint density at radius 2 is 1.86 bits per heavy atom. The number of oxazole rings is 1. The third kappa shape index (κ3) is 2.86. The zero-order valence-electron chi connectivity index (χ0n) is 11.0. The highest BCUT2D eigenvalue weighted by atomic mass is 35.5. The first-order valence-corrected chi connectivity index (χ1v) is 7.96. The number of nitrogens with one attached hydrogen (secondary N) is 1. The number of aromatic nitrogens is 1. The summed E-state index contributed by atoms with van der Waals surface area (Å²) >= 11 is 5.76. The quantitative estimate of drug-likeness (QED) is 0.799. The van der Waals surface area contributed by atoms with Crippen molar-refractivity contribution >= 4 is 38.4 Å². The van der Waals surface area contributed by atoms with Crippen LogP contribution in [0.25, 0.3) is 11.1 Å². The maximum Gasteiger partial charge on any atom is 0.261 e. The minimum atomic E-state index is -3.66. The summed E-state index contributed by atoms with van der Waals surface area (Å²) in [6.07, 6.45) is 0. The summed E-state index contributed by atoms with van der Waals surface area (Å²) in [6.45, 7) is 1.73. The maximum absolute atomic E-state index is 12.3. The molecule has 0 bridgehead atoms. The molecule has 21 heavy (non-hydrogen) atoms. The van der Waals surface area contributed by atoms with Crippen LogP contribution in [0.3, 0.4) is 0 Å². The molecule has 3 aromatic rings. The summed E-state index contributed by atoms with van der Waals surface area (Å²) in [7, 11) is -3.66. The van der Waals surface area contributed by atoms with Gasteiger partial charge in [-0.25, -0.2) is 13.4 Å². The summed E-state index contributed by atoms with van der Waals surface area (Å²) in [6, 6.07) is 10.9. The average Bonchev–Trinajstić information content (AvgIpc) is 2.78. The molecule has 2 aromatic carbocycles. The van der Waals surface area contributed by atoms with E-state index in [1.807, 2.05) is 0 Å². The lowest BCUT2D eigenvalue weighted by molar-refractivity contribution is 0.561. The van der Waals surface area contributed by atoms with Gasteiger partial charge in [0, 0.05) is 18.0 Å². The number of benzene rings is 2. The van der Waals surface area contributed by atoms with Gasteiger partial charge in [-0.2, -0.15) is 0 Å². The highest BCUT2D eigenvalue weighted by Gasteiger charge is 2.14. The number of halogens is 1. The lowest BCUT2D eigenvalue weighted by Gasteiger charge is -2.07. The second kappa shape index (κ2) is 5.05. The Kier molecular flexibility index (Phi) is 3.35. The molecule has 0 aliphatic carbocycles. The van der Waals surface area contributed by atoms with Crippen LogP contribution in [0.5, 0.6) is 0 Å². The zero-order chi connectivity index (χ0) is 15.0. The van der Waals surface area contributed by atoms with E-state index in [0.717, 1.165) is 0 Å². The van der Waals surface area contributed by atoms with Crippen LogP contribution in [0.15, 0.2) is 51.8 Å². The Morgan fingerprint density at radius 3 is 2.57 bits per heavy atom. The summed E-state index contributed by atoms with van der Waals surface area (Å²) < 4.78 is 32.4. The first kappa shape index (κ1) is 13.9. The molecule has 108 valence electrons. The molecule has 1 heterocycles. The monoisotopic (exact) mass is 322 g/mol. The van der Waals surface area contributed by atoms with E-state index >= 15 is 0 Å². The molecular formula is C14H11ClN2O3S. The van der Waals surface area contributed by atoms with Crippen molar-refractivity contribution in [3.8, 4) is 0 Å². The molecule has 0 aliphatic rings. The smallest absolute Gasteiger partial charge is 0.261 e. The molecule has 0 saturated carbocycles. The number of hydrogen-bond donors (Lipinski definition) is 1. The Labute approximate surface area is 126 Å². The van der Waals surface area contributed by atoms with Crippen molar-refractivity contribution in [3.63, 3.8) is 0 Å². The number of anilines is 1. The molecule has 0 unspecified atom stereocenters. The molecular weight excluding hydrogens is 312 g/mol. The topological polar surface area (TPSA) is 72.2 Å². The molecule has 3 rings (SSSR count). The van der Waals surface area contributed by atoms with Crippen LogP contribution in [-0.2, 0) is 10.0 Å². The van der Waals surface area contributed by atoms with Gasteiger partial charge in [-0.3, -0.25) is 4.72 Å². The summed E-state index contributed by atoms with van der Waals surface area (Å²) in [4.78, 5) is 4.30. The fraction of sp³-hybridized carbons (Fsp3) is 0.0714. The van der Waals surface area contributed by atoms with Gasteiger partial charge in [0.25, 0.3) is 10.0 Å². The van der Waals surface area contributed by atoms with E-state index in [2.05, 4.69) is 9.71 Å². The third-order valence-corrected chi connectivity index (χ3v) is 4.52. The highest BCUT2D eigenvalue weighted by Crippen LogP contribution is 2.23. The molecule has 0 amide bonds. The van der Waals surface area contributed by atoms with Crippen molar-refractivity contribution < 1.29 is 12.8 Å². The molecule has 7 heteroatoms. The van der Waals surface area contributed by atoms with E-state index in [1.165, 1.54) is 24.3 Å². The highest BCUT2D eigenvalue weighted by molar-refractivity contribution is 7.92. The fourth-order valence-electron chi connectivity index (χ4n) is 1.93. The third-order valence-electron chi connectivity index (χ3n) is 2.87. The van der Waals surface area contributed by atoms with Gasteiger partial charge in [-0.05, 0) is 36.4 Å². The zero-order valence-corrected chi connectivity index (χ0v) is 12.6. The largest absolute Gasteiger partial charge is 0.441 e. The predicted molar refractivity (Wildman–Crippen MR) is 81.0 cm³/mol. The van der Waals surface area contributed by atoms with Crippen LogP contribution in [0.4, 0.5) is 5.69 Å².